The fourth-order valence-electron chi connectivity index (χ4n) is 1.71. The Morgan fingerprint density at radius 1 is 1.25 bits per heavy atom. The van der Waals surface area contributed by atoms with E-state index in [1.807, 2.05) is 14.0 Å². The van der Waals surface area contributed by atoms with Gasteiger partial charge in [-0.2, -0.15) is 0 Å². The summed E-state index contributed by atoms with van der Waals surface area (Å²) in [5.74, 6) is 0. The van der Waals surface area contributed by atoms with E-state index in [2.05, 4.69) is 29.1 Å². The Morgan fingerprint density at radius 2 is 2.00 bits per heavy atom. The third-order valence-electron chi connectivity index (χ3n) is 2.56. The molecule has 0 radical (unpaired) electrons. The molecule has 4 heteroatoms. The minimum Gasteiger partial charge on any atom is -0.309 e. The van der Waals surface area contributed by atoms with Crippen LogP contribution in [0.15, 0.2) is 16.8 Å². The summed E-state index contributed by atoms with van der Waals surface area (Å²) in [6.45, 7) is 4.18. The first kappa shape index (κ1) is 12.1. The average molecular weight is 272 g/mol. The standard InChI is InChI=1S/C12H14ClNS2/c1-7-5-16-12(10(7)13)11(14-3)9-4-8(2)15-6-9/h4-6,11,14H,1-3H3. The van der Waals surface area contributed by atoms with Crippen molar-refractivity contribution in [1.29, 1.82) is 0 Å². The zero-order valence-corrected chi connectivity index (χ0v) is 11.9. The van der Waals surface area contributed by atoms with Crippen LogP contribution in [0.2, 0.25) is 5.02 Å². The van der Waals surface area contributed by atoms with Gasteiger partial charge < -0.3 is 5.32 Å². The predicted octanol–water partition coefficient (Wildman–Crippen LogP) is 4.39. The van der Waals surface area contributed by atoms with Gasteiger partial charge in [-0.05, 0) is 48.8 Å². The van der Waals surface area contributed by atoms with Crippen LogP contribution in [0.4, 0.5) is 0 Å². The summed E-state index contributed by atoms with van der Waals surface area (Å²) in [6.07, 6.45) is 0. The van der Waals surface area contributed by atoms with E-state index in [1.54, 1.807) is 22.7 Å². The third-order valence-corrected chi connectivity index (χ3v) is 5.22. The Kier molecular flexibility index (Phi) is 3.70. The molecule has 86 valence electrons. The Hall–Kier alpha value is -0.350. The summed E-state index contributed by atoms with van der Waals surface area (Å²) >= 11 is 9.81. The molecular formula is C12H14ClNS2. The fraction of sp³-hybridized carbons (Fsp3) is 0.333. The highest BCUT2D eigenvalue weighted by Crippen LogP contribution is 2.36. The molecule has 0 amide bonds. The van der Waals surface area contributed by atoms with Crippen molar-refractivity contribution in [2.75, 3.05) is 7.05 Å². The van der Waals surface area contributed by atoms with E-state index in [-0.39, 0.29) is 6.04 Å². The minimum absolute atomic E-state index is 0.219. The Labute approximate surface area is 109 Å². The van der Waals surface area contributed by atoms with E-state index in [4.69, 9.17) is 11.6 Å². The average Bonchev–Trinajstić information content (AvgIpc) is 2.81. The van der Waals surface area contributed by atoms with Crippen LogP contribution in [-0.2, 0) is 0 Å². The summed E-state index contributed by atoms with van der Waals surface area (Å²) in [6, 6.07) is 2.44. The molecule has 0 bridgehead atoms. The Bertz CT molecular complexity index is 487. The zero-order valence-electron chi connectivity index (χ0n) is 9.50. The lowest BCUT2D eigenvalue weighted by Gasteiger charge is -2.13. The van der Waals surface area contributed by atoms with Crippen molar-refractivity contribution in [3.05, 3.63) is 42.7 Å². The lowest BCUT2D eigenvalue weighted by molar-refractivity contribution is 0.706. The van der Waals surface area contributed by atoms with Gasteiger partial charge in [-0.1, -0.05) is 11.6 Å². The summed E-state index contributed by atoms with van der Waals surface area (Å²) in [4.78, 5) is 2.54. The molecule has 0 saturated heterocycles. The van der Waals surface area contributed by atoms with Crippen molar-refractivity contribution in [2.45, 2.75) is 19.9 Å². The number of hydrogen-bond acceptors (Lipinski definition) is 3. The van der Waals surface area contributed by atoms with E-state index in [0.717, 1.165) is 10.6 Å². The molecule has 1 N–H and O–H groups in total. The van der Waals surface area contributed by atoms with Crippen molar-refractivity contribution < 1.29 is 0 Å². The van der Waals surface area contributed by atoms with Crippen molar-refractivity contribution in [2.24, 2.45) is 0 Å². The first-order chi connectivity index (χ1) is 7.63. The van der Waals surface area contributed by atoms with Crippen molar-refractivity contribution in [3.8, 4) is 0 Å². The summed E-state index contributed by atoms with van der Waals surface area (Å²) in [7, 11) is 1.98. The molecule has 1 nitrogen and oxygen atoms in total. The van der Waals surface area contributed by atoms with Gasteiger partial charge in [0.1, 0.15) is 0 Å². The molecule has 0 aliphatic heterocycles. The summed E-state index contributed by atoms with van der Waals surface area (Å²) in [5, 5.41) is 8.54. The smallest absolute Gasteiger partial charge is 0.0692 e. The summed E-state index contributed by atoms with van der Waals surface area (Å²) in [5.41, 5.74) is 2.46. The molecule has 2 aromatic rings. The highest BCUT2D eigenvalue weighted by Gasteiger charge is 2.19. The lowest BCUT2D eigenvalue weighted by Crippen LogP contribution is -2.16. The van der Waals surface area contributed by atoms with Crippen LogP contribution >= 0.6 is 34.3 Å². The second-order valence-corrected chi connectivity index (χ2v) is 6.21. The number of aryl methyl sites for hydroxylation is 2. The van der Waals surface area contributed by atoms with Crippen LogP contribution in [0.1, 0.15) is 26.9 Å². The minimum atomic E-state index is 0.219. The largest absolute Gasteiger partial charge is 0.309 e. The van der Waals surface area contributed by atoms with Crippen LogP contribution in [0, 0.1) is 13.8 Å². The highest BCUT2D eigenvalue weighted by molar-refractivity contribution is 7.11. The van der Waals surface area contributed by atoms with Crippen LogP contribution in [0.25, 0.3) is 0 Å². The molecule has 0 aliphatic carbocycles. The molecule has 0 saturated carbocycles. The van der Waals surface area contributed by atoms with Gasteiger partial charge in [-0.3, -0.25) is 0 Å². The van der Waals surface area contributed by atoms with Gasteiger partial charge in [0.25, 0.3) is 0 Å². The molecule has 0 aromatic carbocycles. The molecule has 1 unspecified atom stereocenters. The van der Waals surface area contributed by atoms with Crippen LogP contribution < -0.4 is 5.32 Å². The quantitative estimate of drug-likeness (QED) is 0.873. The van der Waals surface area contributed by atoms with Crippen molar-refractivity contribution in [1.82, 2.24) is 5.32 Å². The molecule has 16 heavy (non-hydrogen) atoms. The van der Waals surface area contributed by atoms with Gasteiger partial charge in [0.2, 0.25) is 0 Å². The molecule has 1 atom stereocenters. The molecule has 2 aromatic heterocycles. The third kappa shape index (κ3) is 2.18. The van der Waals surface area contributed by atoms with Gasteiger partial charge in [0, 0.05) is 9.75 Å². The van der Waals surface area contributed by atoms with Crippen molar-refractivity contribution >= 4 is 34.3 Å². The number of halogens is 1. The SMILES string of the molecule is CNC(c1csc(C)c1)c1scc(C)c1Cl. The first-order valence-electron chi connectivity index (χ1n) is 5.09. The van der Waals surface area contributed by atoms with Gasteiger partial charge in [0.15, 0.2) is 0 Å². The second-order valence-electron chi connectivity index (χ2n) is 3.81. The molecule has 2 rings (SSSR count). The van der Waals surface area contributed by atoms with Gasteiger partial charge >= 0.3 is 0 Å². The van der Waals surface area contributed by atoms with E-state index in [0.29, 0.717) is 0 Å². The number of hydrogen-bond donors (Lipinski definition) is 1. The topological polar surface area (TPSA) is 12.0 Å². The maximum atomic E-state index is 6.31. The normalized spacial score (nSPS) is 13.0. The molecule has 0 fully saturated rings. The molecule has 2 heterocycles. The number of rotatable bonds is 3. The summed E-state index contributed by atoms with van der Waals surface area (Å²) < 4.78 is 0. The molecule has 0 aliphatic rings. The maximum Gasteiger partial charge on any atom is 0.0692 e. The number of thiophene rings is 2. The molecule has 0 spiro atoms. The maximum absolute atomic E-state index is 6.31. The zero-order chi connectivity index (χ0) is 11.7. The fourth-order valence-corrected chi connectivity index (χ4v) is 3.88. The van der Waals surface area contributed by atoms with E-state index >= 15 is 0 Å². The van der Waals surface area contributed by atoms with Crippen LogP contribution in [-0.4, -0.2) is 7.05 Å². The number of nitrogens with one attached hydrogen (secondary N) is 1. The Morgan fingerprint density at radius 3 is 2.44 bits per heavy atom. The molecular weight excluding hydrogens is 258 g/mol. The Balaban J connectivity index is 2.40. The second kappa shape index (κ2) is 4.88. The lowest BCUT2D eigenvalue weighted by atomic mass is 10.1. The highest BCUT2D eigenvalue weighted by atomic mass is 35.5. The van der Waals surface area contributed by atoms with Crippen LogP contribution in [0.3, 0.4) is 0 Å². The predicted molar refractivity (Wildman–Crippen MR) is 74.0 cm³/mol. The first-order valence-corrected chi connectivity index (χ1v) is 7.23. The van der Waals surface area contributed by atoms with E-state index < -0.39 is 0 Å². The van der Waals surface area contributed by atoms with Crippen LogP contribution in [0.5, 0.6) is 0 Å². The van der Waals surface area contributed by atoms with E-state index in [1.165, 1.54) is 15.3 Å². The monoisotopic (exact) mass is 271 g/mol. The van der Waals surface area contributed by atoms with Gasteiger partial charge in [-0.25, -0.2) is 0 Å². The van der Waals surface area contributed by atoms with Crippen molar-refractivity contribution in [3.63, 3.8) is 0 Å². The van der Waals surface area contributed by atoms with E-state index in [9.17, 15) is 0 Å². The van der Waals surface area contributed by atoms with Gasteiger partial charge in [0.05, 0.1) is 11.1 Å². The van der Waals surface area contributed by atoms with Gasteiger partial charge in [-0.15, -0.1) is 22.7 Å².